The first-order valence-corrected chi connectivity index (χ1v) is 7.12. The van der Waals surface area contributed by atoms with Crippen molar-refractivity contribution in [3.63, 3.8) is 0 Å². The van der Waals surface area contributed by atoms with Crippen molar-refractivity contribution < 1.29 is 19.4 Å². The SMILES string of the molecule is COc1ccccc1OCCC(=O)NCC1CNCC1O. The molecular formula is C15H22N2O4. The first kappa shape index (κ1) is 15.6. The lowest BCUT2D eigenvalue weighted by molar-refractivity contribution is -0.121. The molecule has 1 aromatic rings. The van der Waals surface area contributed by atoms with E-state index in [9.17, 15) is 9.90 Å². The van der Waals surface area contributed by atoms with Crippen molar-refractivity contribution in [3.05, 3.63) is 24.3 Å². The zero-order chi connectivity index (χ0) is 15.1. The lowest BCUT2D eigenvalue weighted by atomic mass is 10.1. The van der Waals surface area contributed by atoms with E-state index in [4.69, 9.17) is 9.47 Å². The van der Waals surface area contributed by atoms with Crippen molar-refractivity contribution >= 4 is 5.91 Å². The van der Waals surface area contributed by atoms with Gasteiger partial charge in [-0.25, -0.2) is 0 Å². The number of aliphatic hydroxyl groups excluding tert-OH is 1. The smallest absolute Gasteiger partial charge is 0.223 e. The highest BCUT2D eigenvalue weighted by molar-refractivity contribution is 5.76. The number of methoxy groups -OCH3 is 1. The summed E-state index contributed by atoms with van der Waals surface area (Å²) in [7, 11) is 1.58. The molecule has 2 rings (SSSR count). The topological polar surface area (TPSA) is 79.8 Å². The summed E-state index contributed by atoms with van der Waals surface area (Å²) in [5, 5.41) is 15.5. The molecule has 0 radical (unpaired) electrons. The quantitative estimate of drug-likeness (QED) is 0.667. The number of nitrogens with one attached hydrogen (secondary N) is 2. The van der Waals surface area contributed by atoms with Gasteiger partial charge < -0.3 is 25.2 Å². The number of aliphatic hydroxyl groups is 1. The Morgan fingerprint density at radius 2 is 2.14 bits per heavy atom. The molecule has 0 aliphatic carbocycles. The summed E-state index contributed by atoms with van der Waals surface area (Å²) < 4.78 is 10.7. The minimum Gasteiger partial charge on any atom is -0.493 e. The fraction of sp³-hybridized carbons (Fsp3) is 0.533. The van der Waals surface area contributed by atoms with Crippen LogP contribution in [0.4, 0.5) is 0 Å². The van der Waals surface area contributed by atoms with Crippen molar-refractivity contribution in [1.82, 2.24) is 10.6 Å². The second-order valence-corrected chi connectivity index (χ2v) is 5.04. The maximum atomic E-state index is 11.7. The Morgan fingerprint density at radius 1 is 1.38 bits per heavy atom. The third kappa shape index (κ3) is 4.61. The van der Waals surface area contributed by atoms with Crippen LogP contribution in [0.1, 0.15) is 6.42 Å². The normalized spacial score (nSPS) is 21.0. The molecule has 1 aromatic carbocycles. The van der Waals surface area contributed by atoms with Crippen LogP contribution in [-0.2, 0) is 4.79 Å². The van der Waals surface area contributed by atoms with Crippen LogP contribution in [0.2, 0.25) is 0 Å². The number of hydrogen-bond donors (Lipinski definition) is 3. The molecule has 1 fully saturated rings. The number of para-hydroxylation sites is 2. The summed E-state index contributed by atoms with van der Waals surface area (Å²) in [5.41, 5.74) is 0. The molecule has 116 valence electrons. The van der Waals surface area contributed by atoms with Crippen LogP contribution < -0.4 is 20.1 Å². The minimum absolute atomic E-state index is 0.0796. The second kappa shape index (κ2) is 7.85. The molecule has 1 aliphatic rings. The van der Waals surface area contributed by atoms with E-state index in [0.29, 0.717) is 24.6 Å². The molecule has 21 heavy (non-hydrogen) atoms. The molecule has 0 spiro atoms. The van der Waals surface area contributed by atoms with Crippen molar-refractivity contribution in [2.24, 2.45) is 5.92 Å². The van der Waals surface area contributed by atoms with Gasteiger partial charge in [0.15, 0.2) is 11.5 Å². The van der Waals surface area contributed by atoms with E-state index in [1.807, 2.05) is 18.2 Å². The Morgan fingerprint density at radius 3 is 2.81 bits per heavy atom. The van der Waals surface area contributed by atoms with Crippen LogP contribution >= 0.6 is 0 Å². The van der Waals surface area contributed by atoms with Gasteiger partial charge in [-0.15, -0.1) is 0 Å². The Hall–Kier alpha value is -1.79. The summed E-state index contributed by atoms with van der Waals surface area (Å²) >= 11 is 0. The second-order valence-electron chi connectivity index (χ2n) is 5.04. The number of carbonyl (C=O) groups is 1. The van der Waals surface area contributed by atoms with Crippen LogP contribution in [-0.4, -0.2) is 50.5 Å². The van der Waals surface area contributed by atoms with Crippen LogP contribution in [0.15, 0.2) is 24.3 Å². The molecule has 1 saturated heterocycles. The zero-order valence-corrected chi connectivity index (χ0v) is 12.2. The lowest BCUT2D eigenvalue weighted by Gasteiger charge is -2.14. The molecule has 0 aromatic heterocycles. The Balaban J connectivity index is 1.67. The molecule has 2 unspecified atom stereocenters. The summed E-state index contributed by atoms with van der Waals surface area (Å²) in [5.74, 6) is 1.29. The van der Waals surface area contributed by atoms with E-state index in [1.165, 1.54) is 0 Å². The number of β-amino-alcohol motifs (C(OH)–C–C–N with tert-alkyl or cyclic N) is 1. The maximum Gasteiger partial charge on any atom is 0.223 e. The van der Waals surface area contributed by atoms with Gasteiger partial charge in [0, 0.05) is 25.6 Å². The van der Waals surface area contributed by atoms with Crippen molar-refractivity contribution in [2.45, 2.75) is 12.5 Å². The molecule has 1 amide bonds. The molecule has 1 heterocycles. The third-order valence-electron chi connectivity index (χ3n) is 3.52. The van der Waals surface area contributed by atoms with Gasteiger partial charge in [0.25, 0.3) is 0 Å². The van der Waals surface area contributed by atoms with Gasteiger partial charge in [0.05, 0.1) is 26.2 Å². The van der Waals surface area contributed by atoms with Crippen molar-refractivity contribution in [3.8, 4) is 11.5 Å². The largest absolute Gasteiger partial charge is 0.493 e. The van der Waals surface area contributed by atoms with Gasteiger partial charge in [0.2, 0.25) is 5.91 Å². The lowest BCUT2D eigenvalue weighted by Crippen LogP contribution is -2.34. The van der Waals surface area contributed by atoms with Crippen LogP contribution in [0, 0.1) is 5.92 Å². The Bertz CT molecular complexity index is 467. The highest BCUT2D eigenvalue weighted by Gasteiger charge is 2.24. The number of amides is 1. The van der Waals surface area contributed by atoms with Gasteiger partial charge in [-0.05, 0) is 12.1 Å². The first-order chi connectivity index (χ1) is 10.2. The zero-order valence-electron chi connectivity index (χ0n) is 12.2. The minimum atomic E-state index is -0.380. The van der Waals surface area contributed by atoms with Crippen LogP contribution in [0.3, 0.4) is 0 Å². The van der Waals surface area contributed by atoms with Crippen LogP contribution in [0.25, 0.3) is 0 Å². The van der Waals surface area contributed by atoms with Gasteiger partial charge in [0.1, 0.15) is 0 Å². The molecule has 3 N–H and O–H groups in total. The number of rotatable bonds is 7. The van der Waals surface area contributed by atoms with E-state index < -0.39 is 0 Å². The van der Waals surface area contributed by atoms with E-state index in [1.54, 1.807) is 13.2 Å². The predicted octanol–water partition coefficient (Wildman–Crippen LogP) is 0.161. The number of carbonyl (C=O) groups excluding carboxylic acids is 1. The van der Waals surface area contributed by atoms with E-state index in [2.05, 4.69) is 10.6 Å². The third-order valence-corrected chi connectivity index (χ3v) is 3.52. The standard InChI is InChI=1S/C15H22N2O4/c1-20-13-4-2-3-5-14(13)21-7-6-15(19)17-9-11-8-16-10-12(11)18/h2-5,11-12,16,18H,6-10H2,1H3,(H,17,19). The summed E-state index contributed by atoms with van der Waals surface area (Å²) in [6, 6.07) is 7.33. The van der Waals surface area contributed by atoms with E-state index in [0.717, 1.165) is 6.54 Å². The van der Waals surface area contributed by atoms with E-state index >= 15 is 0 Å². The molecule has 1 aliphatic heterocycles. The van der Waals surface area contributed by atoms with Gasteiger partial charge in [-0.3, -0.25) is 4.79 Å². The van der Waals surface area contributed by atoms with Crippen molar-refractivity contribution in [1.29, 1.82) is 0 Å². The van der Waals surface area contributed by atoms with Crippen LogP contribution in [0.5, 0.6) is 11.5 Å². The maximum absolute atomic E-state index is 11.7. The fourth-order valence-corrected chi connectivity index (χ4v) is 2.25. The molecular weight excluding hydrogens is 272 g/mol. The molecule has 6 nitrogen and oxygen atoms in total. The van der Waals surface area contributed by atoms with Gasteiger partial charge in [-0.2, -0.15) is 0 Å². The molecule has 0 saturated carbocycles. The molecule has 0 bridgehead atoms. The fourth-order valence-electron chi connectivity index (χ4n) is 2.25. The number of ether oxygens (including phenoxy) is 2. The average Bonchev–Trinajstić information content (AvgIpc) is 2.91. The number of hydrogen-bond acceptors (Lipinski definition) is 5. The average molecular weight is 294 g/mol. The summed E-state index contributed by atoms with van der Waals surface area (Å²) in [6.07, 6.45) is -0.107. The highest BCUT2D eigenvalue weighted by atomic mass is 16.5. The highest BCUT2D eigenvalue weighted by Crippen LogP contribution is 2.25. The summed E-state index contributed by atoms with van der Waals surface area (Å²) in [6.45, 7) is 2.11. The Labute approximate surface area is 124 Å². The first-order valence-electron chi connectivity index (χ1n) is 7.12. The summed E-state index contributed by atoms with van der Waals surface area (Å²) in [4.78, 5) is 11.7. The predicted molar refractivity (Wildman–Crippen MR) is 78.5 cm³/mol. The monoisotopic (exact) mass is 294 g/mol. The molecule has 2 atom stereocenters. The van der Waals surface area contributed by atoms with Gasteiger partial charge >= 0.3 is 0 Å². The Kier molecular flexibility index (Phi) is 5.83. The van der Waals surface area contributed by atoms with Gasteiger partial charge in [-0.1, -0.05) is 12.1 Å². The van der Waals surface area contributed by atoms with Crippen molar-refractivity contribution in [2.75, 3.05) is 33.4 Å². The van der Waals surface area contributed by atoms with E-state index in [-0.39, 0.29) is 31.0 Å². The number of benzene rings is 1. The molecule has 6 heteroatoms.